The van der Waals surface area contributed by atoms with Gasteiger partial charge in [0.1, 0.15) is 0 Å². The summed E-state index contributed by atoms with van der Waals surface area (Å²) >= 11 is 0. The van der Waals surface area contributed by atoms with Crippen molar-refractivity contribution in [3.63, 3.8) is 0 Å². The van der Waals surface area contributed by atoms with E-state index >= 15 is 0 Å². The third-order valence-corrected chi connectivity index (χ3v) is 5.70. The van der Waals surface area contributed by atoms with Gasteiger partial charge in [0.2, 0.25) is 5.91 Å². The SMILES string of the molecule is COc1cc2c(cc1OC)CN(Cc1ccc(-c3ccc(NC(C)=O)cc3)cc1)CC2. The number of rotatable bonds is 6. The molecule has 0 atom stereocenters. The Kier molecular flexibility index (Phi) is 6.23. The molecule has 1 N–H and O–H groups in total. The number of anilines is 1. The first kappa shape index (κ1) is 20.9. The summed E-state index contributed by atoms with van der Waals surface area (Å²) in [5, 5.41) is 2.80. The zero-order chi connectivity index (χ0) is 21.8. The van der Waals surface area contributed by atoms with Gasteiger partial charge in [-0.2, -0.15) is 0 Å². The molecule has 1 heterocycles. The third kappa shape index (κ3) is 4.89. The summed E-state index contributed by atoms with van der Waals surface area (Å²) in [5.41, 5.74) is 7.05. The second kappa shape index (κ2) is 9.23. The predicted octanol–water partition coefficient (Wildman–Crippen LogP) is 4.89. The van der Waals surface area contributed by atoms with Gasteiger partial charge in [-0.05, 0) is 58.5 Å². The van der Waals surface area contributed by atoms with Crippen LogP contribution in [0.15, 0.2) is 60.7 Å². The van der Waals surface area contributed by atoms with E-state index in [0.29, 0.717) is 0 Å². The molecule has 31 heavy (non-hydrogen) atoms. The predicted molar refractivity (Wildman–Crippen MR) is 124 cm³/mol. The number of methoxy groups -OCH3 is 2. The van der Waals surface area contributed by atoms with Gasteiger partial charge in [0.15, 0.2) is 11.5 Å². The van der Waals surface area contributed by atoms with Crippen molar-refractivity contribution < 1.29 is 14.3 Å². The molecule has 4 rings (SSSR count). The molecule has 0 aliphatic carbocycles. The Hall–Kier alpha value is -3.31. The Labute approximate surface area is 183 Å². The molecule has 0 bridgehead atoms. The van der Waals surface area contributed by atoms with Crippen molar-refractivity contribution >= 4 is 11.6 Å². The van der Waals surface area contributed by atoms with Crippen LogP contribution in [0.2, 0.25) is 0 Å². The second-order valence-corrected chi connectivity index (χ2v) is 7.89. The number of carbonyl (C=O) groups excluding carboxylic acids is 1. The van der Waals surface area contributed by atoms with Gasteiger partial charge in [-0.1, -0.05) is 36.4 Å². The van der Waals surface area contributed by atoms with Crippen molar-refractivity contribution in [3.8, 4) is 22.6 Å². The molecule has 1 aliphatic rings. The normalized spacial score (nSPS) is 13.4. The van der Waals surface area contributed by atoms with Crippen LogP contribution in [0.1, 0.15) is 23.6 Å². The molecular weight excluding hydrogens is 388 g/mol. The Morgan fingerprint density at radius 3 is 2.06 bits per heavy atom. The van der Waals surface area contributed by atoms with E-state index in [1.54, 1.807) is 14.2 Å². The molecule has 0 radical (unpaired) electrons. The summed E-state index contributed by atoms with van der Waals surface area (Å²) in [5.74, 6) is 1.53. The van der Waals surface area contributed by atoms with E-state index in [1.807, 2.05) is 24.3 Å². The number of benzene rings is 3. The number of amides is 1. The second-order valence-electron chi connectivity index (χ2n) is 7.89. The lowest BCUT2D eigenvalue weighted by Gasteiger charge is -2.29. The van der Waals surface area contributed by atoms with Crippen LogP contribution < -0.4 is 14.8 Å². The van der Waals surface area contributed by atoms with Gasteiger partial charge in [-0.25, -0.2) is 0 Å². The topological polar surface area (TPSA) is 50.8 Å². The maximum absolute atomic E-state index is 11.2. The molecular formula is C26H28N2O3. The van der Waals surface area contributed by atoms with Gasteiger partial charge in [-0.3, -0.25) is 9.69 Å². The van der Waals surface area contributed by atoms with E-state index in [2.05, 4.69) is 46.6 Å². The van der Waals surface area contributed by atoms with Gasteiger partial charge < -0.3 is 14.8 Å². The molecule has 3 aromatic rings. The standard InChI is InChI=1S/C26H28N2O3/c1-18(29)27-24-10-8-21(9-11-24)20-6-4-19(5-7-20)16-28-13-12-22-14-25(30-2)26(31-3)15-23(22)17-28/h4-11,14-15H,12-13,16-17H2,1-3H3,(H,27,29). The fourth-order valence-corrected chi connectivity index (χ4v) is 4.09. The summed E-state index contributed by atoms with van der Waals surface area (Å²) in [6.45, 7) is 4.35. The molecule has 0 spiro atoms. The summed E-state index contributed by atoms with van der Waals surface area (Å²) < 4.78 is 10.9. The Morgan fingerprint density at radius 2 is 1.48 bits per heavy atom. The van der Waals surface area contributed by atoms with Crippen molar-refractivity contribution in [2.24, 2.45) is 0 Å². The number of nitrogens with zero attached hydrogens (tertiary/aromatic N) is 1. The van der Waals surface area contributed by atoms with Crippen LogP contribution >= 0.6 is 0 Å². The van der Waals surface area contributed by atoms with Crippen LogP contribution in [-0.4, -0.2) is 31.6 Å². The molecule has 160 valence electrons. The molecule has 1 aliphatic heterocycles. The molecule has 5 nitrogen and oxygen atoms in total. The zero-order valence-corrected chi connectivity index (χ0v) is 18.3. The number of hydrogen-bond donors (Lipinski definition) is 1. The van der Waals surface area contributed by atoms with Crippen molar-refractivity contribution in [1.29, 1.82) is 0 Å². The van der Waals surface area contributed by atoms with E-state index < -0.39 is 0 Å². The highest BCUT2D eigenvalue weighted by molar-refractivity contribution is 5.89. The zero-order valence-electron chi connectivity index (χ0n) is 18.3. The summed E-state index contributed by atoms with van der Waals surface area (Å²) in [6, 6.07) is 20.8. The van der Waals surface area contributed by atoms with Gasteiger partial charge in [0.25, 0.3) is 0 Å². The Balaban J connectivity index is 1.42. The van der Waals surface area contributed by atoms with Crippen molar-refractivity contribution in [2.75, 3.05) is 26.1 Å². The van der Waals surface area contributed by atoms with E-state index in [0.717, 1.165) is 48.8 Å². The molecule has 5 heteroatoms. The minimum Gasteiger partial charge on any atom is -0.493 e. The summed E-state index contributed by atoms with van der Waals surface area (Å²) in [4.78, 5) is 13.6. The molecule has 0 unspecified atom stereocenters. The molecule has 0 saturated carbocycles. The van der Waals surface area contributed by atoms with E-state index in [1.165, 1.54) is 29.2 Å². The van der Waals surface area contributed by atoms with Crippen LogP contribution in [0.5, 0.6) is 11.5 Å². The number of hydrogen-bond acceptors (Lipinski definition) is 4. The minimum absolute atomic E-state index is 0.0602. The lowest BCUT2D eigenvalue weighted by atomic mass is 9.98. The van der Waals surface area contributed by atoms with E-state index in [-0.39, 0.29) is 5.91 Å². The number of nitrogens with one attached hydrogen (secondary N) is 1. The van der Waals surface area contributed by atoms with Crippen molar-refractivity contribution in [3.05, 3.63) is 77.4 Å². The third-order valence-electron chi connectivity index (χ3n) is 5.70. The van der Waals surface area contributed by atoms with Crippen molar-refractivity contribution in [2.45, 2.75) is 26.4 Å². The smallest absolute Gasteiger partial charge is 0.221 e. The largest absolute Gasteiger partial charge is 0.493 e. The quantitative estimate of drug-likeness (QED) is 0.622. The van der Waals surface area contributed by atoms with Crippen LogP contribution in [0.3, 0.4) is 0 Å². The van der Waals surface area contributed by atoms with Crippen LogP contribution in [-0.2, 0) is 24.3 Å². The number of ether oxygens (including phenoxy) is 2. The van der Waals surface area contributed by atoms with Gasteiger partial charge in [0.05, 0.1) is 14.2 Å². The van der Waals surface area contributed by atoms with E-state index in [9.17, 15) is 4.79 Å². The molecule has 0 saturated heterocycles. The van der Waals surface area contributed by atoms with Crippen LogP contribution in [0.4, 0.5) is 5.69 Å². The Bertz CT molecular complexity index is 1060. The number of carbonyl (C=O) groups is 1. The van der Waals surface area contributed by atoms with Crippen LogP contribution in [0.25, 0.3) is 11.1 Å². The molecule has 0 fully saturated rings. The van der Waals surface area contributed by atoms with Crippen molar-refractivity contribution in [1.82, 2.24) is 4.90 Å². The minimum atomic E-state index is -0.0602. The fraction of sp³-hybridized carbons (Fsp3) is 0.269. The number of fused-ring (bicyclic) bond motifs is 1. The Morgan fingerprint density at radius 1 is 0.903 bits per heavy atom. The molecule has 1 amide bonds. The first-order valence-corrected chi connectivity index (χ1v) is 10.5. The average molecular weight is 417 g/mol. The summed E-state index contributed by atoms with van der Waals surface area (Å²) in [7, 11) is 3.36. The highest BCUT2D eigenvalue weighted by Gasteiger charge is 2.19. The first-order valence-electron chi connectivity index (χ1n) is 10.5. The monoisotopic (exact) mass is 416 g/mol. The summed E-state index contributed by atoms with van der Waals surface area (Å²) in [6.07, 6.45) is 1.01. The first-order chi connectivity index (χ1) is 15.1. The lowest BCUT2D eigenvalue weighted by molar-refractivity contribution is -0.114. The average Bonchev–Trinajstić information content (AvgIpc) is 2.79. The van der Waals surface area contributed by atoms with Gasteiger partial charge in [-0.15, -0.1) is 0 Å². The van der Waals surface area contributed by atoms with Gasteiger partial charge >= 0.3 is 0 Å². The highest BCUT2D eigenvalue weighted by atomic mass is 16.5. The highest BCUT2D eigenvalue weighted by Crippen LogP contribution is 2.33. The fourth-order valence-electron chi connectivity index (χ4n) is 4.09. The maximum atomic E-state index is 11.2. The van der Waals surface area contributed by atoms with E-state index in [4.69, 9.17) is 9.47 Å². The molecule has 3 aromatic carbocycles. The van der Waals surface area contributed by atoms with Gasteiger partial charge in [0, 0.05) is 32.2 Å². The maximum Gasteiger partial charge on any atom is 0.221 e. The molecule has 0 aromatic heterocycles. The van der Waals surface area contributed by atoms with Crippen LogP contribution in [0, 0.1) is 0 Å². The lowest BCUT2D eigenvalue weighted by Crippen LogP contribution is -2.30.